The fraction of sp³-hybridized carbons (Fsp3) is 0.471. The zero-order valence-electron chi connectivity index (χ0n) is 11.6. The number of aromatic nitrogens is 1. The van der Waals surface area contributed by atoms with Gasteiger partial charge in [0.05, 0.1) is 0 Å². The van der Waals surface area contributed by atoms with Gasteiger partial charge in [-0.15, -0.1) is 0 Å². The van der Waals surface area contributed by atoms with Gasteiger partial charge in [-0.3, -0.25) is 9.88 Å². The molecule has 4 rings (SSSR count). The summed E-state index contributed by atoms with van der Waals surface area (Å²) in [5.41, 5.74) is 0.291. The molecule has 2 aliphatic heterocycles. The molecule has 0 bridgehead atoms. The van der Waals surface area contributed by atoms with Crippen molar-refractivity contribution in [2.45, 2.75) is 37.3 Å². The van der Waals surface area contributed by atoms with Crippen LogP contribution in [0.4, 0.5) is 0 Å². The number of hydrogen-bond acceptors (Lipinski definition) is 3. The largest absolute Gasteiger partial charge is 0.383 e. The molecule has 3 heterocycles. The van der Waals surface area contributed by atoms with Crippen molar-refractivity contribution < 1.29 is 5.11 Å². The first kappa shape index (κ1) is 12.3. The average molecular weight is 268 g/mol. The van der Waals surface area contributed by atoms with E-state index in [-0.39, 0.29) is 6.04 Å². The molecule has 0 spiro atoms. The zero-order chi connectivity index (χ0) is 13.6. The maximum Gasteiger partial charge on any atom is 0.108 e. The average Bonchev–Trinajstić information content (AvgIpc) is 2.86. The molecule has 0 amide bonds. The predicted molar refractivity (Wildman–Crippen MR) is 79.5 cm³/mol. The number of nitrogens with zero attached hydrogens (tertiary/aromatic N) is 2. The molecule has 1 aromatic heterocycles. The Labute approximate surface area is 119 Å². The first-order valence-electron chi connectivity index (χ1n) is 7.59. The van der Waals surface area contributed by atoms with Crippen LogP contribution in [0, 0.1) is 0 Å². The molecule has 104 valence electrons. The normalized spacial score (nSPS) is 30.6. The molecule has 2 aromatic rings. The van der Waals surface area contributed by atoms with Crippen LogP contribution >= 0.6 is 0 Å². The lowest BCUT2D eigenvalue weighted by molar-refractivity contribution is -0.0128. The first-order valence-corrected chi connectivity index (χ1v) is 7.59. The van der Waals surface area contributed by atoms with Crippen molar-refractivity contribution in [3.63, 3.8) is 0 Å². The van der Waals surface area contributed by atoms with Gasteiger partial charge in [0.25, 0.3) is 0 Å². The Hall–Kier alpha value is -1.45. The number of hydrogen-bond donors (Lipinski definition) is 1. The van der Waals surface area contributed by atoms with Gasteiger partial charge in [0.2, 0.25) is 0 Å². The van der Waals surface area contributed by atoms with Gasteiger partial charge < -0.3 is 5.11 Å². The highest BCUT2D eigenvalue weighted by molar-refractivity contribution is 5.85. The second kappa shape index (κ2) is 4.54. The van der Waals surface area contributed by atoms with Gasteiger partial charge in [0, 0.05) is 35.9 Å². The number of piperidine rings is 1. The van der Waals surface area contributed by atoms with Crippen molar-refractivity contribution in [1.82, 2.24) is 9.88 Å². The molecule has 2 fully saturated rings. The quantitative estimate of drug-likeness (QED) is 0.864. The molecule has 3 nitrogen and oxygen atoms in total. The fourth-order valence-corrected chi connectivity index (χ4v) is 4.06. The van der Waals surface area contributed by atoms with Gasteiger partial charge in [-0.2, -0.15) is 0 Å². The molecule has 0 saturated carbocycles. The van der Waals surface area contributed by atoms with E-state index in [1.54, 1.807) is 0 Å². The van der Waals surface area contributed by atoms with Crippen LogP contribution in [0.3, 0.4) is 0 Å². The Balaban J connectivity index is 1.86. The molecule has 0 radical (unpaired) electrons. The summed E-state index contributed by atoms with van der Waals surface area (Å²) in [7, 11) is 0. The van der Waals surface area contributed by atoms with Crippen LogP contribution in [0.1, 0.15) is 31.2 Å². The Bertz CT molecular complexity index is 636. The van der Waals surface area contributed by atoms with Crippen LogP contribution in [-0.4, -0.2) is 34.1 Å². The smallest absolute Gasteiger partial charge is 0.108 e. The topological polar surface area (TPSA) is 36.4 Å². The van der Waals surface area contributed by atoms with Gasteiger partial charge in [-0.1, -0.05) is 30.7 Å². The Morgan fingerprint density at radius 3 is 3.00 bits per heavy atom. The maximum atomic E-state index is 11.4. The minimum Gasteiger partial charge on any atom is -0.383 e. The summed E-state index contributed by atoms with van der Waals surface area (Å²) in [6, 6.07) is 8.52. The van der Waals surface area contributed by atoms with Crippen LogP contribution in [0.15, 0.2) is 36.7 Å². The van der Waals surface area contributed by atoms with Crippen LogP contribution in [0.5, 0.6) is 0 Å². The third-order valence-corrected chi connectivity index (χ3v) is 5.08. The number of rotatable bonds is 1. The van der Waals surface area contributed by atoms with Crippen molar-refractivity contribution in [3.05, 3.63) is 42.2 Å². The van der Waals surface area contributed by atoms with Crippen LogP contribution in [0.25, 0.3) is 10.8 Å². The van der Waals surface area contributed by atoms with Crippen molar-refractivity contribution in [2.24, 2.45) is 0 Å². The van der Waals surface area contributed by atoms with E-state index in [0.717, 1.165) is 42.3 Å². The fourth-order valence-electron chi connectivity index (χ4n) is 4.06. The summed E-state index contributed by atoms with van der Waals surface area (Å²) in [5.74, 6) is 0. The lowest BCUT2D eigenvalue weighted by Gasteiger charge is -2.37. The third-order valence-electron chi connectivity index (χ3n) is 5.08. The molecule has 2 atom stereocenters. The van der Waals surface area contributed by atoms with Crippen LogP contribution in [0.2, 0.25) is 0 Å². The summed E-state index contributed by atoms with van der Waals surface area (Å²) < 4.78 is 0. The number of fused-ring (bicyclic) bond motifs is 2. The first-order chi connectivity index (χ1) is 9.79. The van der Waals surface area contributed by atoms with Crippen molar-refractivity contribution in [1.29, 1.82) is 0 Å². The van der Waals surface area contributed by atoms with Gasteiger partial charge in [0.1, 0.15) is 5.60 Å². The highest BCUT2D eigenvalue weighted by Gasteiger charge is 2.48. The Morgan fingerprint density at radius 1 is 1.15 bits per heavy atom. The van der Waals surface area contributed by atoms with Crippen LogP contribution < -0.4 is 0 Å². The van der Waals surface area contributed by atoms with Crippen LogP contribution in [-0.2, 0) is 5.60 Å². The highest BCUT2D eigenvalue weighted by Crippen LogP contribution is 2.43. The van der Waals surface area contributed by atoms with E-state index in [9.17, 15) is 5.11 Å². The zero-order valence-corrected chi connectivity index (χ0v) is 11.6. The molecule has 20 heavy (non-hydrogen) atoms. The molecule has 3 heteroatoms. The Kier molecular flexibility index (Phi) is 2.79. The number of benzene rings is 1. The molecular weight excluding hydrogens is 248 g/mol. The standard InChI is InChI=1S/C17H20N2O/c20-17(8-10-19-9-4-3-7-16(17)19)15-12-18-11-13-5-1-2-6-14(13)15/h1-2,5-6,11-12,16,20H,3-4,7-10H2. The molecule has 2 aliphatic rings. The third kappa shape index (κ3) is 1.70. The SMILES string of the molecule is OC1(c2cncc3ccccc23)CCN2CCCCC21. The van der Waals surface area contributed by atoms with Crippen molar-refractivity contribution in [3.8, 4) is 0 Å². The van der Waals surface area contributed by atoms with Gasteiger partial charge in [-0.05, 0) is 31.2 Å². The second-order valence-electron chi connectivity index (χ2n) is 6.13. The van der Waals surface area contributed by atoms with Crippen molar-refractivity contribution in [2.75, 3.05) is 13.1 Å². The summed E-state index contributed by atoms with van der Waals surface area (Å²) >= 11 is 0. The highest BCUT2D eigenvalue weighted by atomic mass is 16.3. The summed E-state index contributed by atoms with van der Waals surface area (Å²) in [6.45, 7) is 2.13. The lowest BCUT2D eigenvalue weighted by Crippen LogP contribution is -2.45. The van der Waals surface area contributed by atoms with Gasteiger partial charge >= 0.3 is 0 Å². The van der Waals surface area contributed by atoms with Crippen molar-refractivity contribution >= 4 is 10.8 Å². The van der Waals surface area contributed by atoms with E-state index in [4.69, 9.17) is 0 Å². The van der Waals surface area contributed by atoms with E-state index in [2.05, 4.69) is 22.0 Å². The van der Waals surface area contributed by atoms with Gasteiger partial charge in [-0.25, -0.2) is 0 Å². The van der Waals surface area contributed by atoms with E-state index in [0.29, 0.717) is 0 Å². The van der Waals surface area contributed by atoms with E-state index in [1.807, 2.05) is 24.5 Å². The second-order valence-corrected chi connectivity index (χ2v) is 6.13. The number of pyridine rings is 1. The summed E-state index contributed by atoms with van der Waals surface area (Å²) in [4.78, 5) is 6.83. The molecule has 2 saturated heterocycles. The molecule has 0 aliphatic carbocycles. The number of aliphatic hydroxyl groups is 1. The minimum absolute atomic E-state index is 0.267. The summed E-state index contributed by atoms with van der Waals surface area (Å²) in [6.07, 6.45) is 8.17. The minimum atomic E-state index is -0.728. The monoisotopic (exact) mass is 268 g/mol. The van der Waals surface area contributed by atoms with E-state index < -0.39 is 5.60 Å². The molecular formula is C17H20N2O. The lowest BCUT2D eigenvalue weighted by atomic mass is 9.81. The Morgan fingerprint density at radius 2 is 2.05 bits per heavy atom. The van der Waals surface area contributed by atoms with Gasteiger partial charge in [0.15, 0.2) is 0 Å². The predicted octanol–water partition coefficient (Wildman–Crippen LogP) is 2.68. The summed E-state index contributed by atoms with van der Waals surface area (Å²) in [5, 5.41) is 13.6. The van der Waals surface area contributed by atoms with E-state index >= 15 is 0 Å². The molecule has 2 unspecified atom stereocenters. The molecule has 1 aromatic carbocycles. The van der Waals surface area contributed by atoms with E-state index in [1.165, 1.54) is 12.8 Å². The maximum absolute atomic E-state index is 11.4. The molecule has 1 N–H and O–H groups in total.